The minimum atomic E-state index is -0.0924. The number of fused-ring (bicyclic) bond motifs is 6. The number of para-hydroxylation sites is 2. The van der Waals surface area contributed by atoms with E-state index in [1.807, 2.05) is 0 Å². The van der Waals surface area contributed by atoms with E-state index in [1.54, 1.807) is 0 Å². The molecule has 0 amide bonds. The molecular formula is C72H68N2O2. The van der Waals surface area contributed by atoms with Crippen molar-refractivity contribution in [3.8, 4) is 0 Å². The molecule has 76 heavy (non-hydrogen) atoms. The van der Waals surface area contributed by atoms with Crippen LogP contribution in [0.25, 0.3) is 76.2 Å². The van der Waals surface area contributed by atoms with E-state index in [-0.39, 0.29) is 10.8 Å². The lowest BCUT2D eigenvalue weighted by Crippen LogP contribution is -2.13. The predicted molar refractivity (Wildman–Crippen MR) is 323 cm³/mol. The molecule has 0 bridgehead atoms. The van der Waals surface area contributed by atoms with Crippen LogP contribution < -0.4 is 9.80 Å². The van der Waals surface area contributed by atoms with Gasteiger partial charge in [0.15, 0.2) is 11.2 Å². The molecule has 0 N–H and O–H groups in total. The first-order valence-corrected chi connectivity index (χ1v) is 28.2. The lowest BCUT2D eigenvalue weighted by atomic mass is 9.86. The van der Waals surface area contributed by atoms with Crippen LogP contribution >= 0.6 is 0 Å². The second-order valence-corrected chi connectivity index (χ2v) is 24.7. The Hall–Kier alpha value is -7.56. The van der Waals surface area contributed by atoms with Crippen molar-refractivity contribution in [1.82, 2.24) is 0 Å². The molecule has 0 aliphatic heterocycles. The first-order valence-electron chi connectivity index (χ1n) is 28.2. The van der Waals surface area contributed by atoms with E-state index >= 15 is 0 Å². The third-order valence-electron chi connectivity index (χ3n) is 17.8. The van der Waals surface area contributed by atoms with Gasteiger partial charge in [0, 0.05) is 54.8 Å². The van der Waals surface area contributed by atoms with Gasteiger partial charge in [-0.3, -0.25) is 0 Å². The van der Waals surface area contributed by atoms with Crippen molar-refractivity contribution in [2.45, 2.75) is 129 Å². The van der Waals surface area contributed by atoms with Crippen molar-refractivity contribution in [3.63, 3.8) is 0 Å². The molecule has 0 atom stereocenters. The minimum absolute atomic E-state index is 0.0924. The van der Waals surface area contributed by atoms with Gasteiger partial charge in [0.05, 0.1) is 22.7 Å². The average molecular weight is 993 g/mol. The summed E-state index contributed by atoms with van der Waals surface area (Å²) in [6, 6.07) is 60.4. The summed E-state index contributed by atoms with van der Waals surface area (Å²) >= 11 is 0. The van der Waals surface area contributed by atoms with Gasteiger partial charge in [0.1, 0.15) is 11.2 Å². The Labute approximate surface area is 447 Å². The Morgan fingerprint density at radius 1 is 0.368 bits per heavy atom. The van der Waals surface area contributed by atoms with Crippen LogP contribution in [0, 0.1) is 13.8 Å². The molecule has 10 aromatic carbocycles. The standard InChI is InChI=1S/C72H68N2O2/c1-43-23-37-55-53-19-13-21-59(71(3,4)5)67(53)75-69(55)65(43)73(51-33-25-47(26-34-51)45-15-9-10-16-45)61-41-31-49-30-40-58-62(42-32-50-29-39-57(61)63(49)64(50)58)74(52-35-27-48(28-36-52)46-17-11-12-18-46)66-44(2)24-38-56-54-20-14-22-60(72(6,7)8)68(54)76-70(56)66/h13-14,19-42,45-46H,9-12,15-18H2,1-8H3. The monoisotopic (exact) mass is 993 g/mol. The zero-order chi connectivity index (χ0) is 51.8. The third kappa shape index (κ3) is 7.37. The molecule has 2 heterocycles. The van der Waals surface area contributed by atoms with E-state index in [4.69, 9.17) is 8.83 Å². The maximum absolute atomic E-state index is 7.27. The van der Waals surface area contributed by atoms with Crippen LogP contribution in [0.3, 0.4) is 0 Å². The van der Waals surface area contributed by atoms with Crippen LogP contribution in [0.1, 0.15) is 138 Å². The van der Waals surface area contributed by atoms with Gasteiger partial charge >= 0.3 is 0 Å². The number of benzene rings is 10. The van der Waals surface area contributed by atoms with Crippen LogP contribution in [-0.2, 0) is 10.8 Å². The van der Waals surface area contributed by atoms with Crippen LogP contribution in [0.4, 0.5) is 34.1 Å². The molecule has 4 heteroatoms. The van der Waals surface area contributed by atoms with Gasteiger partial charge in [0.2, 0.25) is 0 Å². The molecule has 2 fully saturated rings. The van der Waals surface area contributed by atoms with Crippen molar-refractivity contribution in [2.24, 2.45) is 0 Å². The molecule has 12 aromatic rings. The largest absolute Gasteiger partial charge is 0.454 e. The fraction of sp³-hybridized carbons (Fsp3) is 0.278. The van der Waals surface area contributed by atoms with Crippen molar-refractivity contribution in [1.29, 1.82) is 0 Å². The van der Waals surface area contributed by atoms with Gasteiger partial charge in [-0.05, 0) is 142 Å². The topological polar surface area (TPSA) is 32.8 Å². The molecule has 0 unspecified atom stereocenters. The number of aryl methyl sites for hydroxylation is 2. The predicted octanol–water partition coefficient (Wildman–Crippen LogP) is 21.8. The fourth-order valence-electron chi connectivity index (χ4n) is 13.9. The highest BCUT2D eigenvalue weighted by molar-refractivity contribution is 6.29. The summed E-state index contributed by atoms with van der Waals surface area (Å²) < 4.78 is 14.5. The van der Waals surface area contributed by atoms with Crippen molar-refractivity contribution < 1.29 is 8.83 Å². The van der Waals surface area contributed by atoms with E-state index in [0.29, 0.717) is 11.8 Å². The summed E-state index contributed by atoms with van der Waals surface area (Å²) in [5, 5.41) is 11.9. The number of rotatable bonds is 8. The zero-order valence-corrected chi connectivity index (χ0v) is 45.5. The Morgan fingerprint density at radius 2 is 0.724 bits per heavy atom. The number of anilines is 6. The molecule has 0 saturated heterocycles. The fourth-order valence-corrected chi connectivity index (χ4v) is 13.9. The highest BCUT2D eigenvalue weighted by atomic mass is 16.3. The van der Waals surface area contributed by atoms with E-state index in [2.05, 4.69) is 223 Å². The molecule has 378 valence electrons. The van der Waals surface area contributed by atoms with Crippen LogP contribution in [0.15, 0.2) is 167 Å². The summed E-state index contributed by atoms with van der Waals surface area (Å²) in [7, 11) is 0. The molecule has 2 aliphatic carbocycles. The lowest BCUT2D eigenvalue weighted by Gasteiger charge is -2.30. The maximum Gasteiger partial charge on any atom is 0.159 e. The molecule has 0 spiro atoms. The second kappa shape index (κ2) is 17.5. The smallest absolute Gasteiger partial charge is 0.159 e. The van der Waals surface area contributed by atoms with Gasteiger partial charge < -0.3 is 18.6 Å². The van der Waals surface area contributed by atoms with Gasteiger partial charge in [-0.1, -0.05) is 189 Å². The zero-order valence-electron chi connectivity index (χ0n) is 45.5. The number of hydrogen-bond acceptors (Lipinski definition) is 4. The molecule has 14 rings (SSSR count). The van der Waals surface area contributed by atoms with E-state index < -0.39 is 0 Å². The van der Waals surface area contributed by atoms with E-state index in [0.717, 1.165) is 89.1 Å². The normalized spacial score (nSPS) is 15.1. The van der Waals surface area contributed by atoms with Gasteiger partial charge in [0.25, 0.3) is 0 Å². The Kier molecular flexibility index (Phi) is 10.8. The highest BCUT2D eigenvalue weighted by Crippen LogP contribution is 2.53. The number of nitrogens with zero attached hydrogens (tertiary/aromatic N) is 2. The first kappa shape index (κ1) is 46.9. The average Bonchev–Trinajstić information content (AvgIpc) is 4.34. The molecule has 2 saturated carbocycles. The molecule has 2 aromatic heterocycles. The Bertz CT molecular complexity index is 3950. The second-order valence-electron chi connectivity index (χ2n) is 24.7. The van der Waals surface area contributed by atoms with Crippen LogP contribution in [-0.4, -0.2) is 0 Å². The number of hydrogen-bond donors (Lipinski definition) is 0. The van der Waals surface area contributed by atoms with Crippen LogP contribution in [0.5, 0.6) is 0 Å². The Morgan fingerprint density at radius 3 is 1.11 bits per heavy atom. The molecule has 2 aliphatic rings. The van der Waals surface area contributed by atoms with E-state index in [1.165, 1.54) is 106 Å². The minimum Gasteiger partial charge on any atom is -0.454 e. The summed E-state index contributed by atoms with van der Waals surface area (Å²) in [4.78, 5) is 5.02. The maximum atomic E-state index is 7.27. The van der Waals surface area contributed by atoms with E-state index in [9.17, 15) is 0 Å². The Balaban J connectivity index is 1.02. The van der Waals surface area contributed by atoms with Gasteiger partial charge in [-0.15, -0.1) is 0 Å². The van der Waals surface area contributed by atoms with Gasteiger partial charge in [-0.2, -0.15) is 0 Å². The summed E-state index contributed by atoms with van der Waals surface area (Å²) in [6.07, 6.45) is 10.3. The first-order chi connectivity index (χ1) is 36.8. The summed E-state index contributed by atoms with van der Waals surface area (Å²) in [5.41, 5.74) is 17.9. The summed E-state index contributed by atoms with van der Waals surface area (Å²) in [6.45, 7) is 18.2. The van der Waals surface area contributed by atoms with Crippen molar-refractivity contribution in [3.05, 3.63) is 191 Å². The van der Waals surface area contributed by atoms with Gasteiger partial charge in [-0.25, -0.2) is 0 Å². The van der Waals surface area contributed by atoms with Crippen LogP contribution in [0.2, 0.25) is 0 Å². The molecule has 4 nitrogen and oxygen atoms in total. The molecular weight excluding hydrogens is 925 g/mol. The highest BCUT2D eigenvalue weighted by Gasteiger charge is 2.30. The van der Waals surface area contributed by atoms with Crippen molar-refractivity contribution in [2.75, 3.05) is 9.80 Å². The SMILES string of the molecule is Cc1ccc2c(oc3c(C(C)(C)C)cccc32)c1N(c1ccc(C2CCCC2)cc1)c1ccc2ccc3c(N(c4ccc(C5CCCC5)cc4)c4c(C)ccc5c4oc4c(C(C)(C)C)cccc45)ccc4ccc1c2c43. The van der Waals surface area contributed by atoms with Crippen molar-refractivity contribution >= 4 is 110 Å². The third-order valence-corrected chi connectivity index (χ3v) is 17.8. The molecule has 0 radical (unpaired) electrons. The lowest BCUT2D eigenvalue weighted by molar-refractivity contribution is 0.572. The summed E-state index contributed by atoms with van der Waals surface area (Å²) in [5.74, 6) is 1.24. The quantitative estimate of drug-likeness (QED) is 0.142. The number of furan rings is 2.